The molecule has 102 valence electrons. The Morgan fingerprint density at radius 1 is 1.06 bits per heavy atom. The summed E-state index contributed by atoms with van der Waals surface area (Å²) in [6, 6.07) is 3.63. The Hall–Kier alpha value is -0.153. The number of rotatable bonds is 7. The Morgan fingerprint density at radius 2 is 1.47 bits per heavy atom. The Bertz CT molecular complexity index is 238. The number of nitrogens with zero attached hydrogens (tertiary/aromatic N) is 1. The van der Waals surface area contributed by atoms with Gasteiger partial charge in [0.25, 0.3) is 0 Å². The highest BCUT2D eigenvalue weighted by atomic mass is 28.3. The van der Waals surface area contributed by atoms with E-state index in [1.807, 2.05) is 6.21 Å². The van der Waals surface area contributed by atoms with E-state index in [1.165, 1.54) is 0 Å². The first-order valence-electron chi connectivity index (χ1n) is 7.06. The van der Waals surface area contributed by atoms with Crippen molar-refractivity contribution < 1.29 is 5.11 Å². The van der Waals surface area contributed by atoms with E-state index in [1.54, 1.807) is 0 Å². The summed E-state index contributed by atoms with van der Waals surface area (Å²) < 4.78 is 0. The lowest BCUT2D eigenvalue weighted by Gasteiger charge is -2.45. The summed E-state index contributed by atoms with van der Waals surface area (Å²) in [4.78, 5) is 4.49. The molecule has 17 heavy (non-hydrogen) atoms. The van der Waals surface area contributed by atoms with Crippen molar-refractivity contribution in [2.45, 2.75) is 77.9 Å². The average molecular weight is 257 g/mol. The first-order valence-corrected chi connectivity index (χ1v) is 9.68. The zero-order chi connectivity index (χ0) is 13.7. The topological polar surface area (TPSA) is 32.6 Å². The van der Waals surface area contributed by atoms with Gasteiger partial charge >= 0.3 is 0 Å². The molecule has 2 nitrogen and oxygen atoms in total. The van der Waals surface area contributed by atoms with Gasteiger partial charge in [-0.25, -0.2) is 0 Å². The maximum absolute atomic E-state index is 11.2. The molecule has 0 bridgehead atoms. The number of aliphatic imine (C=N–C) groups is 1. The minimum absolute atomic E-state index is 0.247. The Balaban J connectivity index is 5.44. The predicted molar refractivity (Wildman–Crippen MR) is 80.6 cm³/mol. The van der Waals surface area contributed by atoms with Crippen molar-refractivity contribution in [2.75, 3.05) is 0 Å². The smallest absolute Gasteiger partial charge is 0.0976 e. The van der Waals surface area contributed by atoms with Crippen LogP contribution in [0.3, 0.4) is 0 Å². The highest BCUT2D eigenvalue weighted by Crippen LogP contribution is 2.36. The van der Waals surface area contributed by atoms with Gasteiger partial charge in [-0.2, -0.15) is 0 Å². The lowest BCUT2D eigenvalue weighted by atomic mass is 10.1. The van der Waals surface area contributed by atoms with Gasteiger partial charge in [0.2, 0.25) is 0 Å². The van der Waals surface area contributed by atoms with Crippen LogP contribution in [0, 0.1) is 5.92 Å². The van der Waals surface area contributed by atoms with Crippen molar-refractivity contribution in [3.63, 3.8) is 0 Å². The lowest BCUT2D eigenvalue weighted by molar-refractivity contribution is 0.136. The first-order chi connectivity index (χ1) is 7.79. The molecule has 0 aromatic carbocycles. The van der Waals surface area contributed by atoms with Crippen LogP contribution in [0.2, 0.25) is 18.1 Å². The number of aliphatic hydroxyl groups is 1. The van der Waals surface area contributed by atoms with E-state index in [4.69, 9.17) is 0 Å². The van der Waals surface area contributed by atoms with E-state index in [-0.39, 0.29) is 12.0 Å². The highest BCUT2D eigenvalue weighted by Gasteiger charge is 2.49. The van der Waals surface area contributed by atoms with Crippen LogP contribution in [0.4, 0.5) is 0 Å². The van der Waals surface area contributed by atoms with E-state index < -0.39 is 13.3 Å². The Labute approximate surface area is 109 Å². The van der Waals surface area contributed by atoms with Gasteiger partial charge in [0.05, 0.1) is 13.3 Å². The zero-order valence-electron chi connectivity index (χ0n) is 12.7. The molecule has 0 fully saturated rings. The fourth-order valence-electron chi connectivity index (χ4n) is 2.76. The fraction of sp³-hybridized carbons (Fsp3) is 0.929. The molecule has 0 aliphatic carbocycles. The maximum Gasteiger partial charge on any atom is 0.0976 e. The van der Waals surface area contributed by atoms with Crippen LogP contribution in [0.5, 0.6) is 0 Å². The molecule has 3 heteroatoms. The highest BCUT2D eigenvalue weighted by molar-refractivity contribution is 6.84. The second-order valence-corrected chi connectivity index (χ2v) is 11.2. The molecular weight excluding hydrogens is 226 g/mol. The van der Waals surface area contributed by atoms with E-state index in [0.29, 0.717) is 0 Å². The zero-order valence-corrected chi connectivity index (χ0v) is 13.7. The number of hydrogen-bond donors (Lipinski definition) is 1. The maximum atomic E-state index is 11.2. The molecule has 0 heterocycles. The van der Waals surface area contributed by atoms with E-state index >= 15 is 0 Å². The largest absolute Gasteiger partial charge is 0.388 e. The molecule has 0 amide bonds. The van der Waals surface area contributed by atoms with Gasteiger partial charge in [-0.1, -0.05) is 52.8 Å². The van der Waals surface area contributed by atoms with Crippen molar-refractivity contribution in [1.29, 1.82) is 0 Å². The van der Waals surface area contributed by atoms with Crippen LogP contribution in [0.1, 0.15) is 48.5 Å². The van der Waals surface area contributed by atoms with Gasteiger partial charge in [-0.05, 0) is 19.8 Å². The van der Waals surface area contributed by atoms with Crippen molar-refractivity contribution in [3.05, 3.63) is 0 Å². The molecule has 1 atom stereocenters. The quantitative estimate of drug-likeness (QED) is 0.544. The van der Waals surface area contributed by atoms with Crippen molar-refractivity contribution in [3.8, 4) is 0 Å². The molecule has 0 saturated heterocycles. The van der Waals surface area contributed by atoms with Crippen molar-refractivity contribution >= 4 is 14.3 Å². The van der Waals surface area contributed by atoms with Crippen LogP contribution in [0.25, 0.3) is 0 Å². The summed E-state index contributed by atoms with van der Waals surface area (Å²) in [7, 11) is -1.69. The lowest BCUT2D eigenvalue weighted by Crippen LogP contribution is -2.62. The van der Waals surface area contributed by atoms with Gasteiger partial charge in [0.1, 0.15) is 0 Å². The van der Waals surface area contributed by atoms with Crippen LogP contribution < -0.4 is 0 Å². The molecule has 0 aromatic heterocycles. The SMILES string of the molecule is CC[Si](CC)(CC)C(O)(C=NC(C)C)C(C)C. The monoisotopic (exact) mass is 257 g/mol. The van der Waals surface area contributed by atoms with Gasteiger partial charge in [-0.15, -0.1) is 0 Å². The molecule has 0 spiro atoms. The third-order valence-electron chi connectivity index (χ3n) is 4.33. The summed E-state index contributed by atoms with van der Waals surface area (Å²) in [6.07, 6.45) is 1.88. The van der Waals surface area contributed by atoms with Gasteiger partial charge in [0, 0.05) is 12.3 Å². The predicted octanol–water partition coefficient (Wildman–Crippen LogP) is 3.90. The standard InChI is InChI=1S/C14H31NOSi/c1-8-17(9-2,10-3)14(16,12(4)5)11-15-13(6)7/h11-13,16H,8-10H2,1-7H3. The Morgan fingerprint density at radius 3 is 1.71 bits per heavy atom. The number of hydrogen-bond acceptors (Lipinski definition) is 2. The normalized spacial score (nSPS) is 17.1. The van der Waals surface area contributed by atoms with Crippen LogP contribution in [-0.4, -0.2) is 30.7 Å². The molecule has 0 saturated carbocycles. The molecule has 1 unspecified atom stereocenters. The fourth-order valence-corrected chi connectivity index (χ4v) is 7.53. The second kappa shape index (κ2) is 6.69. The third-order valence-corrected chi connectivity index (χ3v) is 10.8. The second-order valence-electron chi connectivity index (χ2n) is 5.69. The van der Waals surface area contributed by atoms with Gasteiger partial charge < -0.3 is 5.11 Å². The minimum atomic E-state index is -1.69. The summed E-state index contributed by atoms with van der Waals surface area (Å²) >= 11 is 0. The molecule has 0 rings (SSSR count). The van der Waals surface area contributed by atoms with E-state index in [9.17, 15) is 5.11 Å². The molecule has 1 N–H and O–H groups in total. The minimum Gasteiger partial charge on any atom is -0.388 e. The molecule has 0 aliphatic rings. The summed E-state index contributed by atoms with van der Waals surface area (Å²) in [5.41, 5.74) is 0. The first kappa shape index (κ1) is 16.8. The Kier molecular flexibility index (Phi) is 6.63. The molecule has 0 radical (unpaired) electrons. The average Bonchev–Trinajstić information content (AvgIpc) is 2.29. The summed E-state index contributed by atoms with van der Waals surface area (Å²) in [5, 5.41) is 10.5. The summed E-state index contributed by atoms with van der Waals surface area (Å²) in [6.45, 7) is 15.1. The van der Waals surface area contributed by atoms with Crippen LogP contribution in [0.15, 0.2) is 4.99 Å². The third kappa shape index (κ3) is 3.41. The summed E-state index contributed by atoms with van der Waals surface area (Å²) in [5.74, 6) is 0.247. The molecular formula is C14H31NOSi. The molecule has 0 aliphatic heterocycles. The van der Waals surface area contributed by atoms with Crippen molar-refractivity contribution in [1.82, 2.24) is 0 Å². The van der Waals surface area contributed by atoms with E-state index in [2.05, 4.69) is 53.5 Å². The van der Waals surface area contributed by atoms with E-state index in [0.717, 1.165) is 18.1 Å². The van der Waals surface area contributed by atoms with Crippen molar-refractivity contribution in [2.24, 2.45) is 10.9 Å². The van der Waals surface area contributed by atoms with Gasteiger partial charge in [-0.3, -0.25) is 4.99 Å². The van der Waals surface area contributed by atoms with Crippen LogP contribution >= 0.6 is 0 Å². The van der Waals surface area contributed by atoms with Gasteiger partial charge in [0.15, 0.2) is 0 Å². The molecule has 0 aromatic rings. The van der Waals surface area contributed by atoms with Crippen LogP contribution in [-0.2, 0) is 0 Å².